The van der Waals surface area contributed by atoms with E-state index < -0.39 is 0 Å². The van der Waals surface area contributed by atoms with Gasteiger partial charge in [0.2, 0.25) is 0 Å². The van der Waals surface area contributed by atoms with Gasteiger partial charge in [-0.15, -0.1) is 0 Å². The molecule has 18 heavy (non-hydrogen) atoms. The van der Waals surface area contributed by atoms with Gasteiger partial charge in [-0.3, -0.25) is 0 Å². The molecule has 1 saturated heterocycles. The highest BCUT2D eigenvalue weighted by Gasteiger charge is 2.21. The van der Waals surface area contributed by atoms with Crippen LogP contribution in [0.4, 0.5) is 5.69 Å². The molecule has 0 spiro atoms. The Morgan fingerprint density at radius 2 is 2.28 bits per heavy atom. The predicted octanol–water partition coefficient (Wildman–Crippen LogP) is 3.28. The molecular weight excluding hydrogens is 246 g/mol. The molecule has 94 valence electrons. The summed E-state index contributed by atoms with van der Waals surface area (Å²) in [4.78, 5) is 4.49. The van der Waals surface area contributed by atoms with Gasteiger partial charge in [-0.25, -0.2) is 0 Å². The average Bonchev–Trinajstić information content (AvgIpc) is 2.89. The third-order valence-electron chi connectivity index (χ3n) is 3.04. The van der Waals surface area contributed by atoms with Crippen molar-refractivity contribution in [2.75, 3.05) is 11.5 Å². The van der Waals surface area contributed by atoms with E-state index in [1.807, 2.05) is 36.0 Å². The van der Waals surface area contributed by atoms with Crippen molar-refractivity contribution in [3.8, 4) is 11.5 Å². The summed E-state index contributed by atoms with van der Waals surface area (Å²) < 4.78 is 5.33. The quantitative estimate of drug-likeness (QED) is 0.840. The van der Waals surface area contributed by atoms with E-state index in [2.05, 4.69) is 10.1 Å². The fourth-order valence-electron chi connectivity index (χ4n) is 2.10. The molecule has 1 aliphatic rings. The maximum Gasteiger partial charge on any atom is 0.258 e. The van der Waals surface area contributed by atoms with Gasteiger partial charge in [0.25, 0.3) is 5.89 Å². The number of rotatable bonds is 2. The fraction of sp³-hybridized carbons (Fsp3) is 0.385. The van der Waals surface area contributed by atoms with E-state index in [1.54, 1.807) is 0 Å². The van der Waals surface area contributed by atoms with Gasteiger partial charge in [0.1, 0.15) is 0 Å². The van der Waals surface area contributed by atoms with Gasteiger partial charge >= 0.3 is 0 Å². The number of anilines is 1. The molecule has 2 N–H and O–H groups in total. The molecule has 2 aromatic rings. The highest BCUT2D eigenvalue weighted by atomic mass is 32.2. The summed E-state index contributed by atoms with van der Waals surface area (Å²) in [6.07, 6.45) is 3.68. The molecule has 0 radical (unpaired) electrons. The van der Waals surface area contributed by atoms with E-state index in [1.165, 1.54) is 18.6 Å². The molecule has 4 nitrogen and oxygen atoms in total. The zero-order valence-electron chi connectivity index (χ0n) is 10.0. The number of nitrogens with zero attached hydrogens (tertiary/aromatic N) is 2. The van der Waals surface area contributed by atoms with Crippen molar-refractivity contribution in [2.45, 2.75) is 24.5 Å². The first kappa shape index (κ1) is 11.6. The zero-order valence-corrected chi connectivity index (χ0v) is 10.8. The maximum atomic E-state index is 5.75. The van der Waals surface area contributed by atoms with Gasteiger partial charge in [-0.1, -0.05) is 17.6 Å². The number of hydrogen-bond acceptors (Lipinski definition) is 5. The lowest BCUT2D eigenvalue weighted by molar-refractivity contribution is 0.420. The molecule has 1 fully saturated rings. The largest absolute Gasteiger partial charge is 0.399 e. The van der Waals surface area contributed by atoms with Crippen LogP contribution in [0.5, 0.6) is 0 Å². The SMILES string of the molecule is Nc1cccc(-c2nc(C3CCCCS3)no2)c1. The van der Waals surface area contributed by atoms with Crippen molar-refractivity contribution < 1.29 is 4.52 Å². The Morgan fingerprint density at radius 3 is 3.06 bits per heavy atom. The summed E-state index contributed by atoms with van der Waals surface area (Å²) in [5, 5.41) is 4.48. The maximum absolute atomic E-state index is 5.75. The van der Waals surface area contributed by atoms with Gasteiger partial charge in [0.05, 0.1) is 5.25 Å². The molecule has 1 aliphatic heterocycles. The van der Waals surface area contributed by atoms with E-state index in [0.29, 0.717) is 16.8 Å². The van der Waals surface area contributed by atoms with E-state index in [9.17, 15) is 0 Å². The summed E-state index contributed by atoms with van der Waals surface area (Å²) in [7, 11) is 0. The molecule has 3 rings (SSSR count). The molecule has 0 bridgehead atoms. The molecule has 0 aliphatic carbocycles. The summed E-state index contributed by atoms with van der Waals surface area (Å²) >= 11 is 1.92. The first-order chi connectivity index (χ1) is 8.83. The monoisotopic (exact) mass is 261 g/mol. The van der Waals surface area contributed by atoms with Crippen LogP contribution >= 0.6 is 11.8 Å². The number of nitrogen functional groups attached to an aromatic ring is 1. The van der Waals surface area contributed by atoms with Crippen LogP contribution in [0.2, 0.25) is 0 Å². The van der Waals surface area contributed by atoms with Gasteiger partial charge < -0.3 is 10.3 Å². The second-order valence-corrected chi connectivity index (χ2v) is 5.75. The minimum absolute atomic E-state index is 0.386. The Kier molecular flexibility index (Phi) is 3.23. The minimum Gasteiger partial charge on any atom is -0.399 e. The normalized spacial score (nSPS) is 19.9. The summed E-state index contributed by atoms with van der Waals surface area (Å²) in [6.45, 7) is 0. The summed E-state index contributed by atoms with van der Waals surface area (Å²) in [5.41, 5.74) is 7.34. The second kappa shape index (κ2) is 5.02. The van der Waals surface area contributed by atoms with Crippen molar-refractivity contribution in [1.82, 2.24) is 10.1 Å². The molecular formula is C13H15N3OS. The smallest absolute Gasteiger partial charge is 0.258 e. The standard InChI is InChI=1S/C13H15N3OS/c14-10-5-3-4-9(8-10)13-15-12(16-17-13)11-6-1-2-7-18-11/h3-5,8,11H,1-2,6-7,14H2. The molecule has 1 aromatic carbocycles. The van der Waals surface area contributed by atoms with Crippen LogP contribution < -0.4 is 5.73 Å². The molecule has 2 heterocycles. The van der Waals surface area contributed by atoms with Crippen molar-refractivity contribution in [3.63, 3.8) is 0 Å². The van der Waals surface area contributed by atoms with Gasteiger partial charge in [-0.05, 0) is 36.8 Å². The Hall–Kier alpha value is -1.49. The van der Waals surface area contributed by atoms with Crippen LogP contribution in [0.3, 0.4) is 0 Å². The molecule has 0 amide bonds. The van der Waals surface area contributed by atoms with Gasteiger partial charge in [0, 0.05) is 11.3 Å². The molecule has 1 aromatic heterocycles. The average molecular weight is 261 g/mol. The van der Waals surface area contributed by atoms with Crippen molar-refractivity contribution in [1.29, 1.82) is 0 Å². The molecule has 1 unspecified atom stereocenters. The molecule has 1 atom stereocenters. The number of benzene rings is 1. The van der Waals surface area contributed by atoms with Crippen molar-refractivity contribution >= 4 is 17.4 Å². The van der Waals surface area contributed by atoms with Crippen LogP contribution in [-0.2, 0) is 0 Å². The lowest BCUT2D eigenvalue weighted by Crippen LogP contribution is -2.03. The zero-order chi connectivity index (χ0) is 12.4. The number of thioether (sulfide) groups is 1. The Labute approximate surface area is 110 Å². The molecule has 0 saturated carbocycles. The fourth-order valence-corrected chi connectivity index (χ4v) is 3.33. The summed E-state index contributed by atoms with van der Waals surface area (Å²) in [6, 6.07) is 7.52. The van der Waals surface area contributed by atoms with Crippen molar-refractivity contribution in [3.05, 3.63) is 30.1 Å². The number of nitrogens with two attached hydrogens (primary N) is 1. The first-order valence-electron chi connectivity index (χ1n) is 6.14. The van der Waals surface area contributed by atoms with E-state index in [0.717, 1.165) is 17.8 Å². The Morgan fingerprint density at radius 1 is 1.33 bits per heavy atom. The van der Waals surface area contributed by atoms with Crippen LogP contribution in [0.15, 0.2) is 28.8 Å². The summed E-state index contributed by atoms with van der Waals surface area (Å²) in [5.74, 6) is 2.56. The van der Waals surface area contributed by atoms with Gasteiger partial charge in [0.15, 0.2) is 5.82 Å². The lowest BCUT2D eigenvalue weighted by Gasteiger charge is -2.17. The van der Waals surface area contributed by atoms with E-state index in [-0.39, 0.29) is 0 Å². The third-order valence-corrected chi connectivity index (χ3v) is 4.42. The van der Waals surface area contributed by atoms with Crippen LogP contribution in [0.25, 0.3) is 11.5 Å². The first-order valence-corrected chi connectivity index (χ1v) is 7.19. The number of hydrogen-bond donors (Lipinski definition) is 1. The molecule has 5 heteroatoms. The van der Waals surface area contributed by atoms with Crippen LogP contribution in [-0.4, -0.2) is 15.9 Å². The Bertz CT molecular complexity index is 535. The Balaban J connectivity index is 1.84. The van der Waals surface area contributed by atoms with Crippen LogP contribution in [0, 0.1) is 0 Å². The minimum atomic E-state index is 0.386. The van der Waals surface area contributed by atoms with Gasteiger partial charge in [-0.2, -0.15) is 16.7 Å². The van der Waals surface area contributed by atoms with E-state index in [4.69, 9.17) is 10.3 Å². The van der Waals surface area contributed by atoms with E-state index >= 15 is 0 Å². The highest BCUT2D eigenvalue weighted by Crippen LogP contribution is 2.37. The predicted molar refractivity (Wildman–Crippen MR) is 73.2 cm³/mol. The van der Waals surface area contributed by atoms with Crippen LogP contribution in [0.1, 0.15) is 30.3 Å². The lowest BCUT2D eigenvalue weighted by atomic mass is 10.2. The number of aromatic nitrogens is 2. The third kappa shape index (κ3) is 2.36. The topological polar surface area (TPSA) is 64.9 Å². The highest BCUT2D eigenvalue weighted by molar-refractivity contribution is 7.99. The second-order valence-electron chi connectivity index (χ2n) is 4.44. The van der Waals surface area contributed by atoms with Crippen molar-refractivity contribution in [2.24, 2.45) is 0 Å².